The summed E-state index contributed by atoms with van der Waals surface area (Å²) in [5.74, 6) is 1.70. The summed E-state index contributed by atoms with van der Waals surface area (Å²) >= 11 is 0. The van der Waals surface area contributed by atoms with Crippen molar-refractivity contribution in [1.29, 1.82) is 0 Å². The lowest BCUT2D eigenvalue weighted by molar-refractivity contribution is 0.171. The minimum Gasteiger partial charge on any atom is -0.507 e. The van der Waals surface area contributed by atoms with E-state index in [4.69, 9.17) is 19.2 Å². The van der Waals surface area contributed by atoms with E-state index in [0.29, 0.717) is 65.9 Å². The first kappa shape index (κ1) is 22.7. The molecule has 7 heteroatoms. The van der Waals surface area contributed by atoms with E-state index in [2.05, 4.69) is 0 Å². The molecule has 0 amide bonds. The zero-order valence-corrected chi connectivity index (χ0v) is 19.4. The van der Waals surface area contributed by atoms with E-state index in [9.17, 15) is 9.90 Å². The molecule has 4 aromatic rings. The molecule has 1 aromatic heterocycles. The highest BCUT2D eigenvalue weighted by Gasteiger charge is 2.22. The van der Waals surface area contributed by atoms with Crippen molar-refractivity contribution in [2.75, 3.05) is 20.3 Å². The zero-order chi connectivity index (χ0) is 24.2. The quantitative estimate of drug-likeness (QED) is 0.430. The Morgan fingerprint density at radius 2 is 1.71 bits per heavy atom. The maximum atomic E-state index is 14.1. The molecule has 5 rings (SSSR count). The number of para-hydroxylation sites is 1. The Labute approximate surface area is 203 Å². The van der Waals surface area contributed by atoms with E-state index in [1.165, 1.54) is 0 Å². The van der Waals surface area contributed by atoms with E-state index in [-0.39, 0.29) is 17.9 Å². The molecule has 2 heterocycles. The normalized spacial score (nSPS) is 12.5. The van der Waals surface area contributed by atoms with Gasteiger partial charge >= 0.3 is 0 Å². The van der Waals surface area contributed by atoms with Crippen molar-refractivity contribution in [3.8, 4) is 39.8 Å². The summed E-state index contributed by atoms with van der Waals surface area (Å²) < 4.78 is 18.4. The Bertz CT molecular complexity index is 1400. The number of aromatic hydroxyl groups is 1. The van der Waals surface area contributed by atoms with Crippen molar-refractivity contribution in [3.63, 3.8) is 0 Å². The maximum absolute atomic E-state index is 14.1. The molecule has 0 spiro atoms. The molecule has 1 aliphatic heterocycles. The van der Waals surface area contributed by atoms with Crippen LogP contribution >= 0.6 is 0 Å². The van der Waals surface area contributed by atoms with Crippen molar-refractivity contribution in [2.45, 2.75) is 19.6 Å². The molecule has 1 aliphatic rings. The van der Waals surface area contributed by atoms with Crippen LogP contribution in [-0.2, 0) is 24.3 Å². The largest absolute Gasteiger partial charge is 0.507 e. The summed E-state index contributed by atoms with van der Waals surface area (Å²) in [4.78, 5) is 18.9. The molecule has 35 heavy (non-hydrogen) atoms. The van der Waals surface area contributed by atoms with Crippen LogP contribution in [0.15, 0.2) is 77.6 Å². The number of aryl methyl sites for hydroxylation is 1. The Morgan fingerprint density at radius 3 is 2.49 bits per heavy atom. The van der Waals surface area contributed by atoms with Gasteiger partial charge in [0.25, 0.3) is 5.56 Å². The minimum atomic E-state index is -0.210. The summed E-state index contributed by atoms with van der Waals surface area (Å²) in [6, 6.07) is 22.3. The molecule has 0 radical (unpaired) electrons. The molecule has 0 atom stereocenters. The lowest BCUT2D eigenvalue weighted by Gasteiger charge is -2.21. The molecule has 0 fully saturated rings. The molecule has 0 saturated heterocycles. The van der Waals surface area contributed by atoms with Crippen LogP contribution in [0, 0.1) is 0 Å². The number of fused-ring (bicyclic) bond motifs is 1. The third kappa shape index (κ3) is 4.63. The van der Waals surface area contributed by atoms with Crippen LogP contribution in [-0.4, -0.2) is 35.0 Å². The number of benzene rings is 3. The molecule has 178 valence electrons. The first-order valence-electron chi connectivity index (χ1n) is 11.5. The fraction of sp³-hybridized carbons (Fsp3) is 0.214. The Balaban J connectivity index is 1.69. The second-order valence-corrected chi connectivity index (χ2v) is 8.26. The van der Waals surface area contributed by atoms with Gasteiger partial charge in [-0.15, -0.1) is 0 Å². The monoisotopic (exact) mass is 470 g/mol. The fourth-order valence-corrected chi connectivity index (χ4v) is 4.29. The van der Waals surface area contributed by atoms with Crippen LogP contribution in [0.5, 0.6) is 17.2 Å². The van der Waals surface area contributed by atoms with Crippen LogP contribution in [0.2, 0.25) is 0 Å². The number of hydrogen-bond acceptors (Lipinski definition) is 6. The molecular formula is C28H26N2O5. The third-order valence-corrected chi connectivity index (χ3v) is 5.97. The van der Waals surface area contributed by atoms with Gasteiger partial charge in [-0.25, -0.2) is 4.98 Å². The van der Waals surface area contributed by atoms with E-state index in [0.717, 1.165) is 5.56 Å². The number of phenolic OH excluding ortho intramolecular Hbond substituents is 1. The van der Waals surface area contributed by atoms with Crippen molar-refractivity contribution in [2.24, 2.45) is 0 Å². The van der Waals surface area contributed by atoms with Gasteiger partial charge in [0.2, 0.25) is 0 Å². The topological polar surface area (TPSA) is 82.8 Å². The average Bonchev–Trinajstić information content (AvgIpc) is 2.89. The fourth-order valence-electron chi connectivity index (χ4n) is 4.29. The SMILES string of the molecule is COCc1nc(-c2ccccc2O)n(CCc2ccccc2)c(=O)c1-c1ccc2c(c1)OCCO2. The number of nitrogens with zero attached hydrogens (tertiary/aromatic N) is 2. The molecule has 0 saturated carbocycles. The second-order valence-electron chi connectivity index (χ2n) is 8.26. The molecule has 3 aromatic carbocycles. The minimum absolute atomic E-state index is 0.0586. The van der Waals surface area contributed by atoms with Crippen molar-refractivity contribution in [1.82, 2.24) is 9.55 Å². The van der Waals surface area contributed by atoms with Crippen LogP contribution in [0.25, 0.3) is 22.5 Å². The number of phenols is 1. The van der Waals surface area contributed by atoms with Gasteiger partial charge in [0.15, 0.2) is 11.5 Å². The summed E-state index contributed by atoms with van der Waals surface area (Å²) in [6.07, 6.45) is 0.632. The van der Waals surface area contributed by atoms with Gasteiger partial charge < -0.3 is 19.3 Å². The van der Waals surface area contributed by atoms with Crippen LogP contribution in [0.4, 0.5) is 0 Å². The van der Waals surface area contributed by atoms with Crippen molar-refractivity contribution < 1.29 is 19.3 Å². The smallest absolute Gasteiger partial charge is 0.262 e. The predicted molar refractivity (Wildman–Crippen MR) is 133 cm³/mol. The third-order valence-electron chi connectivity index (χ3n) is 5.97. The number of methoxy groups -OCH3 is 1. The highest BCUT2D eigenvalue weighted by Crippen LogP contribution is 2.35. The first-order chi connectivity index (χ1) is 17.2. The maximum Gasteiger partial charge on any atom is 0.262 e. The van der Waals surface area contributed by atoms with Gasteiger partial charge in [-0.3, -0.25) is 9.36 Å². The van der Waals surface area contributed by atoms with Crippen LogP contribution < -0.4 is 15.0 Å². The zero-order valence-electron chi connectivity index (χ0n) is 19.4. The summed E-state index contributed by atoms with van der Waals surface area (Å²) in [6.45, 7) is 1.47. The molecular weight excluding hydrogens is 444 g/mol. The first-order valence-corrected chi connectivity index (χ1v) is 11.5. The van der Waals surface area contributed by atoms with Gasteiger partial charge in [-0.05, 0) is 41.8 Å². The highest BCUT2D eigenvalue weighted by atomic mass is 16.6. The summed E-state index contributed by atoms with van der Waals surface area (Å²) in [5.41, 5.74) is 2.99. The number of ether oxygens (including phenoxy) is 3. The molecule has 0 unspecified atom stereocenters. The van der Waals surface area contributed by atoms with Crippen molar-refractivity contribution in [3.05, 3.63) is 94.4 Å². The average molecular weight is 471 g/mol. The lowest BCUT2D eigenvalue weighted by atomic mass is 10.0. The van der Waals surface area contributed by atoms with E-state index < -0.39 is 0 Å². The second kappa shape index (κ2) is 10.0. The summed E-state index contributed by atoms with van der Waals surface area (Å²) in [7, 11) is 1.57. The molecule has 0 aliphatic carbocycles. The number of aromatic nitrogens is 2. The van der Waals surface area contributed by atoms with Gasteiger partial charge in [-0.2, -0.15) is 0 Å². The van der Waals surface area contributed by atoms with Crippen molar-refractivity contribution >= 4 is 0 Å². The Morgan fingerprint density at radius 1 is 0.971 bits per heavy atom. The van der Waals surface area contributed by atoms with Gasteiger partial charge in [0, 0.05) is 13.7 Å². The van der Waals surface area contributed by atoms with Crippen LogP contribution in [0.1, 0.15) is 11.3 Å². The molecule has 0 bridgehead atoms. The van der Waals surface area contributed by atoms with E-state index in [1.807, 2.05) is 54.6 Å². The highest BCUT2D eigenvalue weighted by molar-refractivity contribution is 5.71. The number of hydrogen-bond donors (Lipinski definition) is 1. The molecule has 1 N–H and O–H groups in total. The number of rotatable bonds is 7. The van der Waals surface area contributed by atoms with Gasteiger partial charge in [0.1, 0.15) is 24.8 Å². The van der Waals surface area contributed by atoms with Gasteiger partial charge in [-0.1, -0.05) is 48.5 Å². The molecule has 7 nitrogen and oxygen atoms in total. The van der Waals surface area contributed by atoms with Gasteiger partial charge in [0.05, 0.1) is 23.4 Å². The Hall–Kier alpha value is -4.10. The summed E-state index contributed by atoms with van der Waals surface area (Å²) in [5, 5.41) is 10.6. The van der Waals surface area contributed by atoms with Crippen LogP contribution in [0.3, 0.4) is 0 Å². The standard InChI is InChI=1S/C28H26N2O5/c1-33-18-22-26(20-11-12-24-25(17-20)35-16-15-34-24)28(32)30(14-13-19-7-3-2-4-8-19)27(29-22)21-9-5-6-10-23(21)31/h2-12,17,31H,13-16,18H2,1H3. The van der Waals surface area contributed by atoms with E-state index in [1.54, 1.807) is 29.9 Å². The predicted octanol–water partition coefficient (Wildman–Crippen LogP) is 4.44. The lowest BCUT2D eigenvalue weighted by Crippen LogP contribution is -2.28. The van der Waals surface area contributed by atoms with E-state index >= 15 is 0 Å². The Kier molecular flexibility index (Phi) is 6.50.